The van der Waals surface area contributed by atoms with Crippen molar-refractivity contribution in [1.29, 1.82) is 0 Å². The number of carbonyl (C=O) groups excluding carboxylic acids is 1. The van der Waals surface area contributed by atoms with Gasteiger partial charge in [-0.1, -0.05) is 17.7 Å². The average Bonchev–Trinajstić information content (AvgIpc) is 3.21. The molecule has 0 N–H and O–H groups in total. The second-order valence-electron chi connectivity index (χ2n) is 4.85. The van der Waals surface area contributed by atoms with Crippen LogP contribution >= 0.6 is 22.9 Å². The standard InChI is InChI=1S/C14H13ClN4O3S/c1-7-10(11(15)19(3)18-7)14(20)21-8(2)12-16-17-13(22-12)9-5-4-6-23-9/h4-6,8H,1-3H3. The Kier molecular flexibility index (Phi) is 4.18. The Morgan fingerprint density at radius 1 is 1.48 bits per heavy atom. The van der Waals surface area contributed by atoms with Gasteiger partial charge < -0.3 is 9.15 Å². The van der Waals surface area contributed by atoms with E-state index < -0.39 is 12.1 Å². The number of halogens is 1. The van der Waals surface area contributed by atoms with Crippen LogP contribution in [-0.4, -0.2) is 25.9 Å². The molecule has 0 saturated carbocycles. The van der Waals surface area contributed by atoms with Gasteiger partial charge in [0.25, 0.3) is 11.8 Å². The molecule has 0 amide bonds. The summed E-state index contributed by atoms with van der Waals surface area (Å²) in [5, 5.41) is 14.1. The number of hydrogen-bond acceptors (Lipinski definition) is 7. The Hall–Kier alpha value is -2.19. The van der Waals surface area contributed by atoms with Crippen molar-refractivity contribution in [3.05, 3.63) is 39.8 Å². The molecule has 1 unspecified atom stereocenters. The number of carbonyl (C=O) groups is 1. The minimum Gasteiger partial charge on any atom is -0.449 e. The maximum atomic E-state index is 12.3. The van der Waals surface area contributed by atoms with Crippen molar-refractivity contribution in [3.63, 3.8) is 0 Å². The predicted octanol–water partition coefficient (Wildman–Crippen LogP) is 3.41. The van der Waals surface area contributed by atoms with E-state index in [-0.39, 0.29) is 16.6 Å². The van der Waals surface area contributed by atoms with E-state index in [2.05, 4.69) is 15.3 Å². The Bertz CT molecular complexity index is 840. The van der Waals surface area contributed by atoms with Crippen LogP contribution in [0.25, 0.3) is 10.8 Å². The number of esters is 1. The molecule has 0 aromatic carbocycles. The summed E-state index contributed by atoms with van der Waals surface area (Å²) in [5.41, 5.74) is 0.735. The van der Waals surface area contributed by atoms with Crippen LogP contribution in [0.1, 0.15) is 35.0 Å². The van der Waals surface area contributed by atoms with Gasteiger partial charge in [0.1, 0.15) is 10.7 Å². The van der Waals surface area contributed by atoms with E-state index in [4.69, 9.17) is 20.8 Å². The van der Waals surface area contributed by atoms with Crippen LogP contribution in [0.5, 0.6) is 0 Å². The van der Waals surface area contributed by atoms with Crippen LogP contribution < -0.4 is 0 Å². The monoisotopic (exact) mass is 352 g/mol. The number of hydrogen-bond donors (Lipinski definition) is 0. The van der Waals surface area contributed by atoms with Crippen LogP contribution in [0.15, 0.2) is 21.9 Å². The topological polar surface area (TPSA) is 83.0 Å². The summed E-state index contributed by atoms with van der Waals surface area (Å²) in [6.07, 6.45) is -0.695. The quantitative estimate of drug-likeness (QED) is 0.669. The van der Waals surface area contributed by atoms with Crippen LogP contribution in [0.2, 0.25) is 5.15 Å². The van der Waals surface area contributed by atoms with Crippen LogP contribution in [0, 0.1) is 6.92 Å². The van der Waals surface area contributed by atoms with Crippen molar-refractivity contribution in [2.75, 3.05) is 0 Å². The van der Waals surface area contributed by atoms with Crippen LogP contribution in [-0.2, 0) is 11.8 Å². The third-order valence-corrected chi connectivity index (χ3v) is 4.45. The molecule has 3 aromatic heterocycles. The lowest BCUT2D eigenvalue weighted by Crippen LogP contribution is -2.10. The first-order valence-electron chi connectivity index (χ1n) is 6.74. The highest BCUT2D eigenvalue weighted by atomic mass is 35.5. The van der Waals surface area contributed by atoms with Crippen LogP contribution in [0.3, 0.4) is 0 Å². The lowest BCUT2D eigenvalue weighted by molar-refractivity contribution is 0.0279. The normalized spacial score (nSPS) is 12.3. The van der Waals surface area contributed by atoms with Crippen molar-refractivity contribution in [3.8, 4) is 10.8 Å². The summed E-state index contributed by atoms with van der Waals surface area (Å²) in [7, 11) is 1.65. The number of aromatic nitrogens is 4. The molecule has 0 aliphatic carbocycles. The van der Waals surface area contributed by atoms with Gasteiger partial charge in [0, 0.05) is 7.05 Å². The first-order valence-corrected chi connectivity index (χ1v) is 8.00. The first kappa shape index (κ1) is 15.7. The molecule has 0 aliphatic rings. The largest absolute Gasteiger partial charge is 0.449 e. The number of thiophene rings is 1. The third kappa shape index (κ3) is 2.99. The molecule has 9 heteroatoms. The summed E-state index contributed by atoms with van der Waals surface area (Å²) in [4.78, 5) is 13.1. The SMILES string of the molecule is Cc1nn(C)c(Cl)c1C(=O)OC(C)c1nnc(-c2cccs2)o1. The number of aryl methyl sites for hydroxylation is 2. The van der Waals surface area contributed by atoms with Gasteiger partial charge in [0.05, 0.1) is 10.6 Å². The van der Waals surface area contributed by atoms with Crippen LogP contribution in [0.4, 0.5) is 0 Å². The lowest BCUT2D eigenvalue weighted by Gasteiger charge is -2.09. The second-order valence-corrected chi connectivity index (χ2v) is 6.15. The number of rotatable bonds is 4. The molecular weight excluding hydrogens is 340 g/mol. The molecule has 0 fully saturated rings. The van der Waals surface area contributed by atoms with Crippen molar-refractivity contribution in [1.82, 2.24) is 20.0 Å². The van der Waals surface area contributed by atoms with E-state index >= 15 is 0 Å². The molecule has 0 saturated heterocycles. The molecular formula is C14H13ClN4O3S. The number of ether oxygens (including phenoxy) is 1. The van der Waals surface area contributed by atoms with Crippen molar-refractivity contribution >= 4 is 28.9 Å². The molecule has 1 atom stereocenters. The zero-order valence-corrected chi connectivity index (χ0v) is 14.2. The smallest absolute Gasteiger partial charge is 0.343 e. The van der Waals surface area contributed by atoms with E-state index in [1.165, 1.54) is 16.0 Å². The van der Waals surface area contributed by atoms with Crippen molar-refractivity contribution in [2.45, 2.75) is 20.0 Å². The summed E-state index contributed by atoms with van der Waals surface area (Å²) in [6, 6.07) is 3.76. The highest BCUT2D eigenvalue weighted by molar-refractivity contribution is 7.13. The highest BCUT2D eigenvalue weighted by Crippen LogP contribution is 2.27. The molecule has 0 bridgehead atoms. The Morgan fingerprint density at radius 2 is 2.26 bits per heavy atom. The van der Waals surface area contributed by atoms with Gasteiger partial charge in [0.15, 0.2) is 6.10 Å². The van der Waals surface area contributed by atoms with E-state index in [0.717, 1.165) is 4.88 Å². The third-order valence-electron chi connectivity index (χ3n) is 3.16. The summed E-state index contributed by atoms with van der Waals surface area (Å²) in [5.74, 6) is 0.0388. The van der Waals surface area contributed by atoms with Gasteiger partial charge in [-0.2, -0.15) is 5.10 Å². The van der Waals surface area contributed by atoms with Crippen molar-refractivity contribution in [2.24, 2.45) is 7.05 Å². The average molecular weight is 353 g/mol. The van der Waals surface area contributed by atoms with Gasteiger partial charge in [-0.05, 0) is 25.3 Å². The highest BCUT2D eigenvalue weighted by Gasteiger charge is 2.25. The Morgan fingerprint density at radius 3 is 2.87 bits per heavy atom. The zero-order valence-electron chi connectivity index (χ0n) is 12.6. The fourth-order valence-corrected chi connectivity index (χ4v) is 2.93. The van der Waals surface area contributed by atoms with E-state index in [0.29, 0.717) is 11.6 Å². The van der Waals surface area contributed by atoms with Gasteiger partial charge in [-0.15, -0.1) is 21.5 Å². The molecule has 0 aliphatic heterocycles. The molecule has 7 nitrogen and oxygen atoms in total. The lowest BCUT2D eigenvalue weighted by atomic mass is 10.2. The Balaban J connectivity index is 1.76. The molecule has 0 radical (unpaired) electrons. The van der Waals surface area contributed by atoms with Gasteiger partial charge in [-0.3, -0.25) is 4.68 Å². The summed E-state index contributed by atoms with van der Waals surface area (Å²) >= 11 is 7.55. The molecule has 3 rings (SSSR count). The van der Waals surface area contributed by atoms with E-state index in [9.17, 15) is 4.79 Å². The molecule has 23 heavy (non-hydrogen) atoms. The molecule has 3 aromatic rings. The maximum absolute atomic E-state index is 12.3. The summed E-state index contributed by atoms with van der Waals surface area (Å²) < 4.78 is 12.3. The summed E-state index contributed by atoms with van der Waals surface area (Å²) in [6.45, 7) is 3.35. The van der Waals surface area contributed by atoms with Gasteiger partial charge in [-0.25, -0.2) is 4.79 Å². The molecule has 120 valence electrons. The zero-order chi connectivity index (χ0) is 16.6. The van der Waals surface area contributed by atoms with Gasteiger partial charge >= 0.3 is 5.97 Å². The Labute approximate surface area is 140 Å². The maximum Gasteiger partial charge on any atom is 0.343 e. The van der Waals surface area contributed by atoms with E-state index in [1.807, 2.05) is 17.5 Å². The molecule has 3 heterocycles. The minimum absolute atomic E-state index is 0.222. The fourth-order valence-electron chi connectivity index (χ4n) is 2.03. The number of nitrogens with zero attached hydrogens (tertiary/aromatic N) is 4. The predicted molar refractivity (Wildman–Crippen MR) is 84.4 cm³/mol. The second kappa shape index (κ2) is 6.13. The minimum atomic E-state index is -0.695. The van der Waals surface area contributed by atoms with Crippen molar-refractivity contribution < 1.29 is 13.9 Å². The fraction of sp³-hybridized carbons (Fsp3) is 0.286. The molecule has 0 spiro atoms. The van der Waals surface area contributed by atoms with E-state index in [1.54, 1.807) is 20.9 Å². The first-order chi connectivity index (χ1) is 11.0. The van der Waals surface area contributed by atoms with Gasteiger partial charge in [0.2, 0.25) is 0 Å².